The highest BCUT2D eigenvalue weighted by atomic mass is 19.4. The third-order valence-corrected chi connectivity index (χ3v) is 1.65. The molecule has 2 nitrogen and oxygen atoms in total. The highest BCUT2D eigenvalue weighted by molar-refractivity contribution is 5.27. The van der Waals surface area contributed by atoms with Crippen LogP contribution in [0.4, 0.5) is 13.2 Å². The average molecular weight is 203 g/mol. The molecule has 1 unspecified atom stereocenters. The van der Waals surface area contributed by atoms with Crippen LogP contribution in [0.25, 0.3) is 0 Å². The molecule has 0 bridgehead atoms. The summed E-state index contributed by atoms with van der Waals surface area (Å²) in [6.45, 7) is 3.22. The van der Waals surface area contributed by atoms with Crippen LogP contribution >= 0.6 is 0 Å². The minimum Gasteiger partial charge on any atom is -0.384 e. The SMILES string of the molecule is C=CC(O)c1cccnc1C(F)(F)F. The lowest BCUT2D eigenvalue weighted by atomic mass is 10.1. The van der Waals surface area contributed by atoms with Crippen molar-refractivity contribution in [3.8, 4) is 0 Å². The van der Waals surface area contributed by atoms with Crippen molar-refractivity contribution >= 4 is 0 Å². The molecule has 14 heavy (non-hydrogen) atoms. The molecular formula is C9H8F3NO. The fourth-order valence-corrected chi connectivity index (χ4v) is 1.02. The summed E-state index contributed by atoms with van der Waals surface area (Å²) in [5.41, 5.74) is -1.36. The maximum Gasteiger partial charge on any atom is 0.433 e. The van der Waals surface area contributed by atoms with E-state index in [1.165, 1.54) is 12.1 Å². The summed E-state index contributed by atoms with van der Waals surface area (Å²) in [6.07, 6.45) is -3.85. The van der Waals surface area contributed by atoms with Crippen molar-refractivity contribution in [3.05, 3.63) is 42.2 Å². The maximum absolute atomic E-state index is 12.3. The summed E-state index contributed by atoms with van der Waals surface area (Å²) < 4.78 is 37.0. The lowest BCUT2D eigenvalue weighted by Crippen LogP contribution is -2.13. The van der Waals surface area contributed by atoms with Crippen LogP contribution in [-0.4, -0.2) is 10.1 Å². The molecule has 5 heteroatoms. The van der Waals surface area contributed by atoms with Gasteiger partial charge in [0.25, 0.3) is 0 Å². The van der Waals surface area contributed by atoms with E-state index in [9.17, 15) is 18.3 Å². The Hall–Kier alpha value is -1.36. The van der Waals surface area contributed by atoms with Crippen LogP contribution in [-0.2, 0) is 6.18 Å². The Labute approximate surface area is 78.7 Å². The molecule has 1 atom stereocenters. The summed E-state index contributed by atoms with van der Waals surface area (Å²) in [6, 6.07) is 2.50. The molecule has 0 aliphatic heterocycles. The van der Waals surface area contributed by atoms with Gasteiger partial charge in [-0.05, 0) is 6.07 Å². The van der Waals surface area contributed by atoms with Crippen LogP contribution in [0.1, 0.15) is 17.4 Å². The van der Waals surface area contributed by atoms with Gasteiger partial charge in [-0.2, -0.15) is 13.2 Å². The summed E-state index contributed by atoms with van der Waals surface area (Å²) in [5, 5.41) is 9.22. The van der Waals surface area contributed by atoms with Crippen molar-refractivity contribution < 1.29 is 18.3 Å². The van der Waals surface area contributed by atoms with E-state index in [1.54, 1.807) is 0 Å². The van der Waals surface area contributed by atoms with Gasteiger partial charge in [0.05, 0.1) is 6.10 Å². The number of pyridine rings is 1. The minimum atomic E-state index is -4.55. The molecule has 0 radical (unpaired) electrons. The monoisotopic (exact) mass is 203 g/mol. The van der Waals surface area contributed by atoms with Crippen LogP contribution in [0.2, 0.25) is 0 Å². The molecule has 1 aromatic heterocycles. The minimum absolute atomic E-state index is 0.282. The van der Waals surface area contributed by atoms with Crippen molar-refractivity contribution in [2.24, 2.45) is 0 Å². The second-order valence-corrected chi connectivity index (χ2v) is 2.62. The number of alkyl halides is 3. The summed E-state index contributed by atoms with van der Waals surface area (Å²) in [7, 11) is 0. The van der Waals surface area contributed by atoms with E-state index in [1.807, 2.05) is 0 Å². The lowest BCUT2D eigenvalue weighted by molar-refractivity contribution is -0.142. The molecule has 1 rings (SSSR count). The van der Waals surface area contributed by atoms with Gasteiger partial charge >= 0.3 is 6.18 Å². The second kappa shape index (κ2) is 3.79. The molecule has 0 aromatic carbocycles. The van der Waals surface area contributed by atoms with E-state index in [2.05, 4.69) is 11.6 Å². The van der Waals surface area contributed by atoms with Crippen molar-refractivity contribution in [1.29, 1.82) is 0 Å². The molecule has 1 N–H and O–H groups in total. The Kier molecular flexibility index (Phi) is 2.90. The van der Waals surface area contributed by atoms with Crippen molar-refractivity contribution in [1.82, 2.24) is 4.98 Å². The number of hydrogen-bond acceptors (Lipinski definition) is 2. The molecule has 0 saturated heterocycles. The molecule has 0 fully saturated rings. The molecule has 0 amide bonds. The van der Waals surface area contributed by atoms with E-state index in [-0.39, 0.29) is 5.56 Å². The molecular weight excluding hydrogens is 195 g/mol. The van der Waals surface area contributed by atoms with Crippen LogP contribution in [0.3, 0.4) is 0 Å². The van der Waals surface area contributed by atoms with Crippen LogP contribution < -0.4 is 0 Å². The van der Waals surface area contributed by atoms with Gasteiger partial charge in [-0.1, -0.05) is 12.1 Å². The molecule has 1 aromatic rings. The van der Waals surface area contributed by atoms with Crippen LogP contribution in [0.15, 0.2) is 31.0 Å². The van der Waals surface area contributed by atoms with Gasteiger partial charge in [0.15, 0.2) is 5.69 Å². The quantitative estimate of drug-likeness (QED) is 0.748. The standard InChI is InChI=1S/C9H8F3NO/c1-2-7(14)6-4-3-5-13-8(6)9(10,11)12/h2-5,7,14H,1H2. The second-order valence-electron chi connectivity index (χ2n) is 2.62. The number of aliphatic hydroxyl groups excluding tert-OH is 1. The van der Waals surface area contributed by atoms with Gasteiger partial charge in [-0.3, -0.25) is 4.98 Å². The summed E-state index contributed by atoms with van der Waals surface area (Å²) in [4.78, 5) is 3.19. The average Bonchev–Trinajstić information content (AvgIpc) is 2.15. The Morgan fingerprint density at radius 3 is 2.64 bits per heavy atom. The first-order valence-electron chi connectivity index (χ1n) is 3.79. The number of nitrogens with zero attached hydrogens (tertiary/aromatic N) is 1. The predicted molar refractivity (Wildman–Crippen MR) is 44.4 cm³/mol. The van der Waals surface area contributed by atoms with Gasteiger partial charge in [-0.15, -0.1) is 6.58 Å². The zero-order valence-electron chi connectivity index (χ0n) is 7.12. The van der Waals surface area contributed by atoms with E-state index in [0.717, 1.165) is 12.3 Å². The largest absolute Gasteiger partial charge is 0.433 e. The van der Waals surface area contributed by atoms with Gasteiger partial charge in [0.2, 0.25) is 0 Å². The lowest BCUT2D eigenvalue weighted by Gasteiger charge is -2.13. The topological polar surface area (TPSA) is 33.1 Å². The molecule has 0 aliphatic rings. The molecule has 0 saturated carbocycles. The first-order chi connectivity index (χ1) is 6.46. The van der Waals surface area contributed by atoms with E-state index in [0.29, 0.717) is 0 Å². The van der Waals surface area contributed by atoms with Crippen LogP contribution in [0.5, 0.6) is 0 Å². The van der Waals surface area contributed by atoms with Crippen molar-refractivity contribution in [2.45, 2.75) is 12.3 Å². The van der Waals surface area contributed by atoms with Crippen molar-refractivity contribution in [2.75, 3.05) is 0 Å². The first-order valence-corrected chi connectivity index (χ1v) is 3.79. The molecule has 0 spiro atoms. The van der Waals surface area contributed by atoms with Crippen molar-refractivity contribution in [3.63, 3.8) is 0 Å². The zero-order chi connectivity index (χ0) is 10.8. The van der Waals surface area contributed by atoms with E-state index < -0.39 is 18.0 Å². The molecule has 0 aliphatic carbocycles. The Morgan fingerprint density at radius 1 is 1.50 bits per heavy atom. The Balaban J connectivity index is 3.22. The van der Waals surface area contributed by atoms with Gasteiger partial charge in [0.1, 0.15) is 0 Å². The summed E-state index contributed by atoms with van der Waals surface area (Å²) in [5.74, 6) is 0. The summed E-state index contributed by atoms with van der Waals surface area (Å²) >= 11 is 0. The fraction of sp³-hybridized carbons (Fsp3) is 0.222. The third-order valence-electron chi connectivity index (χ3n) is 1.65. The molecule has 1 heterocycles. The predicted octanol–water partition coefficient (Wildman–Crippen LogP) is 2.32. The number of aliphatic hydroxyl groups is 1. The normalized spacial score (nSPS) is 13.7. The highest BCUT2D eigenvalue weighted by Gasteiger charge is 2.36. The zero-order valence-corrected chi connectivity index (χ0v) is 7.12. The van der Waals surface area contributed by atoms with Gasteiger partial charge in [-0.25, -0.2) is 0 Å². The van der Waals surface area contributed by atoms with E-state index in [4.69, 9.17) is 0 Å². The smallest absolute Gasteiger partial charge is 0.384 e. The number of rotatable bonds is 2. The Bertz CT molecular complexity index is 335. The fourth-order valence-electron chi connectivity index (χ4n) is 1.02. The Morgan fingerprint density at radius 2 is 2.14 bits per heavy atom. The van der Waals surface area contributed by atoms with E-state index >= 15 is 0 Å². The number of halogens is 3. The maximum atomic E-state index is 12.3. The highest BCUT2D eigenvalue weighted by Crippen LogP contribution is 2.32. The number of aromatic nitrogens is 1. The third kappa shape index (κ3) is 2.11. The number of hydrogen-bond donors (Lipinski definition) is 1. The first kappa shape index (κ1) is 10.7. The van der Waals surface area contributed by atoms with Crippen LogP contribution in [0, 0.1) is 0 Å². The molecule has 76 valence electrons. The van der Waals surface area contributed by atoms with Gasteiger partial charge < -0.3 is 5.11 Å². The van der Waals surface area contributed by atoms with Gasteiger partial charge in [0, 0.05) is 11.8 Å².